The maximum atomic E-state index is 5.93. The number of aryl methyl sites for hydroxylation is 2. The lowest BCUT2D eigenvalue weighted by atomic mass is 9.86. The van der Waals surface area contributed by atoms with Crippen molar-refractivity contribution in [1.29, 1.82) is 0 Å². The largest absolute Gasteiger partial charge is 0.495 e. The minimum atomic E-state index is 0.659. The molecule has 0 aliphatic heterocycles. The standard InChI is InChI=1S/C15H18BrN3O/c1-19-13(17)8-12(18-19)14-10-6-4-3-5-9(10)7-11(16)15(14)20-2/h7-8H,3-6,17H2,1-2H3. The van der Waals surface area contributed by atoms with E-state index in [2.05, 4.69) is 27.1 Å². The van der Waals surface area contributed by atoms with Gasteiger partial charge in [-0.05, 0) is 58.8 Å². The number of nitrogens with zero attached hydrogens (tertiary/aromatic N) is 2. The average Bonchev–Trinajstić information content (AvgIpc) is 2.76. The monoisotopic (exact) mass is 335 g/mol. The Morgan fingerprint density at radius 3 is 2.70 bits per heavy atom. The Morgan fingerprint density at radius 2 is 2.05 bits per heavy atom. The van der Waals surface area contributed by atoms with Crippen molar-refractivity contribution in [2.45, 2.75) is 25.7 Å². The van der Waals surface area contributed by atoms with Gasteiger partial charge in [-0.1, -0.05) is 0 Å². The van der Waals surface area contributed by atoms with Crippen molar-refractivity contribution in [3.8, 4) is 17.0 Å². The van der Waals surface area contributed by atoms with E-state index in [4.69, 9.17) is 10.5 Å². The van der Waals surface area contributed by atoms with Crippen molar-refractivity contribution in [1.82, 2.24) is 9.78 Å². The van der Waals surface area contributed by atoms with Crippen LogP contribution in [0.15, 0.2) is 16.6 Å². The number of nitrogen functional groups attached to an aromatic ring is 1. The molecule has 1 aliphatic rings. The van der Waals surface area contributed by atoms with Crippen molar-refractivity contribution < 1.29 is 4.74 Å². The molecule has 0 atom stereocenters. The summed E-state index contributed by atoms with van der Waals surface area (Å²) in [5.74, 6) is 1.51. The Morgan fingerprint density at radius 1 is 1.30 bits per heavy atom. The number of aromatic nitrogens is 2. The minimum Gasteiger partial charge on any atom is -0.495 e. The van der Waals surface area contributed by atoms with Gasteiger partial charge in [-0.2, -0.15) is 5.10 Å². The van der Waals surface area contributed by atoms with Crippen LogP contribution in [-0.2, 0) is 19.9 Å². The summed E-state index contributed by atoms with van der Waals surface area (Å²) in [5, 5.41) is 4.53. The summed E-state index contributed by atoms with van der Waals surface area (Å²) >= 11 is 3.62. The molecule has 0 radical (unpaired) electrons. The molecule has 0 fully saturated rings. The molecule has 1 heterocycles. The van der Waals surface area contributed by atoms with Gasteiger partial charge >= 0.3 is 0 Å². The summed E-state index contributed by atoms with van der Waals surface area (Å²) < 4.78 is 8.29. The molecule has 0 amide bonds. The fourth-order valence-corrected chi connectivity index (χ4v) is 3.56. The molecule has 0 saturated heterocycles. The zero-order valence-electron chi connectivity index (χ0n) is 11.7. The van der Waals surface area contributed by atoms with Gasteiger partial charge in [0.1, 0.15) is 11.6 Å². The fraction of sp³-hybridized carbons (Fsp3) is 0.400. The zero-order chi connectivity index (χ0) is 14.3. The quantitative estimate of drug-likeness (QED) is 0.915. The smallest absolute Gasteiger partial charge is 0.142 e. The molecular formula is C15H18BrN3O. The third kappa shape index (κ3) is 2.10. The SMILES string of the molecule is COc1c(Br)cc2c(c1-c1cc(N)n(C)n1)CCCC2. The van der Waals surface area contributed by atoms with E-state index in [1.807, 2.05) is 13.1 Å². The number of fused-ring (bicyclic) bond motifs is 1. The Bertz CT molecular complexity index is 644. The van der Waals surface area contributed by atoms with Gasteiger partial charge in [-0.25, -0.2) is 0 Å². The van der Waals surface area contributed by atoms with Gasteiger partial charge in [-0.3, -0.25) is 4.68 Å². The molecule has 5 heteroatoms. The molecule has 20 heavy (non-hydrogen) atoms. The number of hydrogen-bond acceptors (Lipinski definition) is 3. The second kappa shape index (κ2) is 5.13. The predicted molar refractivity (Wildman–Crippen MR) is 84.0 cm³/mol. The highest BCUT2D eigenvalue weighted by Crippen LogP contribution is 2.43. The zero-order valence-corrected chi connectivity index (χ0v) is 13.3. The molecular weight excluding hydrogens is 318 g/mol. The highest BCUT2D eigenvalue weighted by Gasteiger charge is 2.23. The number of benzene rings is 1. The van der Waals surface area contributed by atoms with Crippen LogP contribution < -0.4 is 10.5 Å². The molecule has 2 aromatic rings. The Labute approximate surface area is 127 Å². The number of anilines is 1. The molecule has 3 rings (SSSR count). The van der Waals surface area contributed by atoms with Crippen LogP contribution >= 0.6 is 15.9 Å². The second-order valence-electron chi connectivity index (χ2n) is 5.19. The molecule has 0 saturated carbocycles. The van der Waals surface area contributed by atoms with Gasteiger partial charge < -0.3 is 10.5 Å². The summed E-state index contributed by atoms with van der Waals surface area (Å²) in [7, 11) is 3.56. The van der Waals surface area contributed by atoms with Gasteiger partial charge in [0, 0.05) is 18.7 Å². The van der Waals surface area contributed by atoms with E-state index < -0.39 is 0 Å². The maximum absolute atomic E-state index is 5.93. The van der Waals surface area contributed by atoms with E-state index in [1.165, 1.54) is 24.0 Å². The lowest BCUT2D eigenvalue weighted by Crippen LogP contribution is -2.07. The lowest BCUT2D eigenvalue weighted by molar-refractivity contribution is 0.412. The number of rotatable bonds is 2. The number of methoxy groups -OCH3 is 1. The average molecular weight is 336 g/mol. The highest BCUT2D eigenvalue weighted by atomic mass is 79.9. The van der Waals surface area contributed by atoms with Crippen molar-refractivity contribution in [3.63, 3.8) is 0 Å². The van der Waals surface area contributed by atoms with E-state index in [0.717, 1.165) is 34.3 Å². The molecule has 106 valence electrons. The topological polar surface area (TPSA) is 53.1 Å². The first-order chi connectivity index (χ1) is 9.61. The van der Waals surface area contributed by atoms with E-state index >= 15 is 0 Å². The van der Waals surface area contributed by atoms with Gasteiger partial charge in [-0.15, -0.1) is 0 Å². The number of hydrogen-bond donors (Lipinski definition) is 1. The van der Waals surface area contributed by atoms with Crippen LogP contribution in [0.25, 0.3) is 11.3 Å². The van der Waals surface area contributed by atoms with Crippen LogP contribution in [0.3, 0.4) is 0 Å². The molecule has 0 spiro atoms. The van der Waals surface area contributed by atoms with E-state index in [9.17, 15) is 0 Å². The molecule has 4 nitrogen and oxygen atoms in total. The number of halogens is 1. The van der Waals surface area contributed by atoms with Crippen molar-refractivity contribution in [2.75, 3.05) is 12.8 Å². The fourth-order valence-electron chi connectivity index (χ4n) is 2.92. The number of nitrogens with two attached hydrogens (primary N) is 1. The van der Waals surface area contributed by atoms with Gasteiger partial charge in [0.2, 0.25) is 0 Å². The highest BCUT2D eigenvalue weighted by molar-refractivity contribution is 9.10. The van der Waals surface area contributed by atoms with Crippen molar-refractivity contribution in [2.24, 2.45) is 7.05 Å². The first kappa shape index (κ1) is 13.5. The summed E-state index contributed by atoms with van der Waals surface area (Å²) in [5.41, 5.74) is 10.7. The first-order valence-corrected chi connectivity index (χ1v) is 7.59. The summed E-state index contributed by atoms with van der Waals surface area (Å²) in [4.78, 5) is 0. The molecule has 1 aliphatic carbocycles. The summed E-state index contributed by atoms with van der Waals surface area (Å²) in [6, 6.07) is 4.10. The molecule has 0 unspecified atom stereocenters. The minimum absolute atomic E-state index is 0.659. The predicted octanol–water partition coefficient (Wildman–Crippen LogP) is 3.32. The van der Waals surface area contributed by atoms with Gasteiger partial charge in [0.25, 0.3) is 0 Å². The molecule has 0 bridgehead atoms. The van der Waals surface area contributed by atoms with Crippen LogP contribution in [-0.4, -0.2) is 16.9 Å². The van der Waals surface area contributed by atoms with Gasteiger partial charge in [0.05, 0.1) is 17.3 Å². The van der Waals surface area contributed by atoms with Crippen LogP contribution in [0.5, 0.6) is 5.75 Å². The Hall–Kier alpha value is -1.49. The van der Waals surface area contributed by atoms with E-state index in [-0.39, 0.29) is 0 Å². The van der Waals surface area contributed by atoms with Crippen LogP contribution in [0.1, 0.15) is 24.0 Å². The Balaban J connectivity index is 2.28. The lowest BCUT2D eigenvalue weighted by Gasteiger charge is -2.22. The number of ether oxygens (including phenoxy) is 1. The summed E-state index contributed by atoms with van der Waals surface area (Å²) in [6.07, 6.45) is 4.65. The third-order valence-electron chi connectivity index (χ3n) is 3.93. The third-order valence-corrected chi connectivity index (χ3v) is 4.52. The Kier molecular flexibility index (Phi) is 3.46. The van der Waals surface area contributed by atoms with Crippen molar-refractivity contribution >= 4 is 21.7 Å². The van der Waals surface area contributed by atoms with Crippen LogP contribution in [0, 0.1) is 0 Å². The maximum Gasteiger partial charge on any atom is 0.142 e. The van der Waals surface area contributed by atoms with Crippen LogP contribution in [0.2, 0.25) is 0 Å². The molecule has 2 N–H and O–H groups in total. The van der Waals surface area contributed by atoms with Crippen molar-refractivity contribution in [3.05, 3.63) is 27.7 Å². The summed E-state index contributed by atoms with van der Waals surface area (Å²) in [6.45, 7) is 0. The normalized spacial score (nSPS) is 14.2. The van der Waals surface area contributed by atoms with E-state index in [0.29, 0.717) is 5.82 Å². The molecule has 1 aromatic carbocycles. The van der Waals surface area contributed by atoms with E-state index in [1.54, 1.807) is 11.8 Å². The molecule has 1 aromatic heterocycles. The first-order valence-electron chi connectivity index (χ1n) is 6.80. The van der Waals surface area contributed by atoms with Crippen LogP contribution in [0.4, 0.5) is 5.82 Å². The van der Waals surface area contributed by atoms with Gasteiger partial charge in [0.15, 0.2) is 0 Å². The second-order valence-corrected chi connectivity index (χ2v) is 6.04.